The van der Waals surface area contributed by atoms with Crippen LogP contribution >= 0.6 is 0 Å². The summed E-state index contributed by atoms with van der Waals surface area (Å²) in [7, 11) is 4.06. The lowest BCUT2D eigenvalue weighted by molar-refractivity contribution is 0.104. The van der Waals surface area contributed by atoms with Crippen molar-refractivity contribution >= 4 is 6.03 Å². The monoisotopic (exact) mass is 241 g/mol. The Balaban J connectivity index is 2.43. The molecule has 2 amide bonds. The highest BCUT2D eigenvalue weighted by molar-refractivity contribution is 5.74. The molecule has 0 aromatic heterocycles. The minimum atomic E-state index is 0.179. The fraction of sp³-hybridized carbons (Fsp3) is 0.923. The second kappa shape index (κ2) is 6.24. The number of nitrogens with zero attached hydrogens (tertiary/aromatic N) is 3. The lowest BCUT2D eigenvalue weighted by Gasteiger charge is -2.39. The maximum absolute atomic E-state index is 12.0. The first-order chi connectivity index (χ1) is 7.97. The van der Waals surface area contributed by atoms with Crippen LogP contribution in [0.15, 0.2) is 0 Å². The molecule has 4 nitrogen and oxygen atoms in total. The lowest BCUT2D eigenvalue weighted by Crippen LogP contribution is -2.50. The van der Waals surface area contributed by atoms with E-state index in [-0.39, 0.29) is 6.03 Å². The van der Waals surface area contributed by atoms with E-state index in [4.69, 9.17) is 0 Å². The van der Waals surface area contributed by atoms with Gasteiger partial charge in [-0.05, 0) is 40.7 Å². The number of amides is 2. The Morgan fingerprint density at radius 3 is 2.24 bits per heavy atom. The summed E-state index contributed by atoms with van der Waals surface area (Å²) in [6.45, 7) is 9.03. The summed E-state index contributed by atoms with van der Waals surface area (Å²) in [6.07, 6.45) is 2.19. The number of rotatable bonds is 3. The molecule has 1 fully saturated rings. The molecule has 0 unspecified atom stereocenters. The average molecular weight is 241 g/mol. The quantitative estimate of drug-likeness (QED) is 0.754. The standard InChI is InChI=1S/C13H27N3O/c1-6-14(4)13(17)16-9-7-12(8-10-16)15(5)11(2)3/h11-12H,6-10H2,1-5H3. The molecule has 1 aliphatic heterocycles. The van der Waals surface area contributed by atoms with Crippen molar-refractivity contribution in [2.75, 3.05) is 33.7 Å². The number of piperidine rings is 1. The van der Waals surface area contributed by atoms with Gasteiger partial charge in [-0.2, -0.15) is 0 Å². The number of likely N-dealkylation sites (tertiary alicyclic amines) is 1. The van der Waals surface area contributed by atoms with Gasteiger partial charge in [-0.25, -0.2) is 4.79 Å². The lowest BCUT2D eigenvalue weighted by atomic mass is 10.0. The normalized spacial score (nSPS) is 17.9. The van der Waals surface area contributed by atoms with Crippen molar-refractivity contribution in [1.82, 2.24) is 14.7 Å². The molecule has 0 aliphatic carbocycles. The topological polar surface area (TPSA) is 26.8 Å². The molecule has 0 spiro atoms. The molecule has 1 aliphatic rings. The van der Waals surface area contributed by atoms with Crippen molar-refractivity contribution < 1.29 is 4.79 Å². The van der Waals surface area contributed by atoms with Gasteiger partial charge in [0.05, 0.1) is 0 Å². The molecule has 4 heteroatoms. The van der Waals surface area contributed by atoms with Crippen LogP contribution < -0.4 is 0 Å². The van der Waals surface area contributed by atoms with Gasteiger partial charge in [0, 0.05) is 38.8 Å². The first kappa shape index (κ1) is 14.3. The molecule has 0 saturated carbocycles. The molecule has 0 bridgehead atoms. The summed E-state index contributed by atoms with van der Waals surface area (Å²) in [6, 6.07) is 1.39. The Morgan fingerprint density at radius 2 is 1.82 bits per heavy atom. The third-order valence-electron chi connectivity index (χ3n) is 3.93. The highest BCUT2D eigenvalue weighted by Gasteiger charge is 2.27. The van der Waals surface area contributed by atoms with Gasteiger partial charge in [-0.1, -0.05) is 0 Å². The van der Waals surface area contributed by atoms with Crippen LogP contribution in [0.4, 0.5) is 4.79 Å². The largest absolute Gasteiger partial charge is 0.328 e. The van der Waals surface area contributed by atoms with Crippen LogP contribution in [0.1, 0.15) is 33.6 Å². The molecule has 1 saturated heterocycles. The second-order valence-electron chi connectivity index (χ2n) is 5.27. The van der Waals surface area contributed by atoms with E-state index in [9.17, 15) is 4.79 Å². The van der Waals surface area contributed by atoms with Crippen LogP contribution in [0.5, 0.6) is 0 Å². The summed E-state index contributed by atoms with van der Waals surface area (Å²) < 4.78 is 0. The van der Waals surface area contributed by atoms with Crippen LogP contribution in [0.25, 0.3) is 0 Å². The van der Waals surface area contributed by atoms with E-state index < -0.39 is 0 Å². The zero-order valence-corrected chi connectivity index (χ0v) is 11.9. The number of carbonyl (C=O) groups is 1. The minimum Gasteiger partial charge on any atom is -0.328 e. The van der Waals surface area contributed by atoms with E-state index >= 15 is 0 Å². The third kappa shape index (κ3) is 3.60. The Morgan fingerprint density at radius 1 is 1.29 bits per heavy atom. The summed E-state index contributed by atoms with van der Waals surface area (Å²) in [5, 5.41) is 0. The zero-order chi connectivity index (χ0) is 13.0. The second-order valence-corrected chi connectivity index (χ2v) is 5.27. The van der Waals surface area contributed by atoms with Gasteiger partial charge < -0.3 is 14.7 Å². The zero-order valence-electron chi connectivity index (χ0n) is 11.9. The Bertz CT molecular complexity index is 247. The van der Waals surface area contributed by atoms with Crippen molar-refractivity contribution in [2.24, 2.45) is 0 Å². The maximum atomic E-state index is 12.0. The number of hydrogen-bond acceptors (Lipinski definition) is 2. The minimum absolute atomic E-state index is 0.179. The molecule has 0 radical (unpaired) electrons. The van der Waals surface area contributed by atoms with E-state index in [2.05, 4.69) is 25.8 Å². The molecular weight excluding hydrogens is 214 g/mol. The highest BCUT2D eigenvalue weighted by atomic mass is 16.2. The fourth-order valence-electron chi connectivity index (χ4n) is 2.26. The van der Waals surface area contributed by atoms with Gasteiger partial charge in [0.15, 0.2) is 0 Å². The van der Waals surface area contributed by atoms with Gasteiger partial charge in [0.2, 0.25) is 0 Å². The van der Waals surface area contributed by atoms with E-state index in [1.807, 2.05) is 18.9 Å². The Kier molecular flexibility index (Phi) is 5.25. The van der Waals surface area contributed by atoms with Crippen LogP contribution in [0.3, 0.4) is 0 Å². The van der Waals surface area contributed by atoms with Crippen LogP contribution in [0.2, 0.25) is 0 Å². The number of hydrogen-bond donors (Lipinski definition) is 0. The van der Waals surface area contributed by atoms with Crippen molar-refractivity contribution in [3.05, 3.63) is 0 Å². The molecule has 0 aromatic carbocycles. The van der Waals surface area contributed by atoms with E-state index in [1.54, 1.807) is 4.90 Å². The van der Waals surface area contributed by atoms with E-state index in [0.717, 1.165) is 32.5 Å². The predicted octanol–water partition coefficient (Wildman–Crippen LogP) is 1.86. The Labute approximate surface area is 106 Å². The summed E-state index contributed by atoms with van der Waals surface area (Å²) in [5.74, 6) is 0. The predicted molar refractivity (Wildman–Crippen MR) is 71.2 cm³/mol. The van der Waals surface area contributed by atoms with Crippen molar-refractivity contribution in [3.63, 3.8) is 0 Å². The summed E-state index contributed by atoms with van der Waals surface area (Å²) in [5.41, 5.74) is 0. The number of urea groups is 1. The van der Waals surface area contributed by atoms with E-state index in [1.165, 1.54) is 0 Å². The fourth-order valence-corrected chi connectivity index (χ4v) is 2.26. The smallest absolute Gasteiger partial charge is 0.319 e. The average Bonchev–Trinajstić information content (AvgIpc) is 2.36. The van der Waals surface area contributed by atoms with Gasteiger partial charge in [0.25, 0.3) is 0 Å². The van der Waals surface area contributed by atoms with Crippen molar-refractivity contribution in [3.8, 4) is 0 Å². The highest BCUT2D eigenvalue weighted by Crippen LogP contribution is 2.18. The van der Waals surface area contributed by atoms with E-state index in [0.29, 0.717) is 12.1 Å². The molecule has 100 valence electrons. The van der Waals surface area contributed by atoms with Crippen molar-refractivity contribution in [1.29, 1.82) is 0 Å². The SMILES string of the molecule is CCN(C)C(=O)N1CCC(N(C)C(C)C)CC1. The molecule has 17 heavy (non-hydrogen) atoms. The molecule has 0 atom stereocenters. The molecule has 1 heterocycles. The van der Waals surface area contributed by atoms with Crippen LogP contribution in [0, 0.1) is 0 Å². The first-order valence-corrected chi connectivity index (χ1v) is 6.69. The van der Waals surface area contributed by atoms with Gasteiger partial charge in [-0.15, -0.1) is 0 Å². The summed E-state index contributed by atoms with van der Waals surface area (Å²) in [4.78, 5) is 18.2. The summed E-state index contributed by atoms with van der Waals surface area (Å²) >= 11 is 0. The maximum Gasteiger partial charge on any atom is 0.319 e. The molecular formula is C13H27N3O. The molecule has 0 aromatic rings. The first-order valence-electron chi connectivity index (χ1n) is 6.69. The number of carbonyl (C=O) groups excluding carboxylic acids is 1. The van der Waals surface area contributed by atoms with Gasteiger partial charge in [0.1, 0.15) is 0 Å². The van der Waals surface area contributed by atoms with Crippen LogP contribution in [-0.2, 0) is 0 Å². The van der Waals surface area contributed by atoms with Crippen LogP contribution in [-0.4, -0.2) is 66.5 Å². The van der Waals surface area contributed by atoms with Crippen molar-refractivity contribution in [2.45, 2.75) is 45.7 Å². The molecule has 1 rings (SSSR count). The van der Waals surface area contributed by atoms with Gasteiger partial charge >= 0.3 is 6.03 Å². The Hall–Kier alpha value is -0.770. The molecule has 0 N–H and O–H groups in total. The third-order valence-corrected chi connectivity index (χ3v) is 3.93. The van der Waals surface area contributed by atoms with Gasteiger partial charge in [-0.3, -0.25) is 0 Å².